The van der Waals surface area contributed by atoms with E-state index in [2.05, 4.69) is 0 Å². The number of aromatic carboxylic acids is 2. The Kier molecular flexibility index (Phi) is 4.49. The van der Waals surface area contributed by atoms with Gasteiger partial charge in [0.2, 0.25) is 0 Å². The van der Waals surface area contributed by atoms with Crippen LogP contribution in [0.5, 0.6) is 0 Å². The van der Waals surface area contributed by atoms with Gasteiger partial charge in [-0.15, -0.1) is 0 Å². The molecule has 7 nitrogen and oxygen atoms in total. The van der Waals surface area contributed by atoms with Gasteiger partial charge in [0.05, 0.1) is 5.56 Å². The molecular formula is C14H8ClF3N2O5. The molecule has 0 atom stereocenters. The number of alkyl halides is 3. The number of nitrogens with two attached hydrogens (primary N) is 1. The predicted molar refractivity (Wildman–Crippen MR) is 80.8 cm³/mol. The molecule has 5 N–H and O–H groups in total. The third-order valence-corrected chi connectivity index (χ3v) is 3.40. The monoisotopic (exact) mass is 376 g/mol. The lowest BCUT2D eigenvalue weighted by Gasteiger charge is -2.14. The standard InChI is InChI=1S/C14H8ClF3N2O5/c15-6-2-4(1-5(3-6)14(16,17)18)7-8(12(22)23)10(19)20-11(21)9(7)13(24)25/h1-3H,(H,22,23)(H,24,25)(H3,19,20,21). The van der Waals surface area contributed by atoms with Gasteiger partial charge in [-0.3, -0.25) is 4.79 Å². The zero-order valence-electron chi connectivity index (χ0n) is 11.9. The Hall–Kier alpha value is -3.01. The fraction of sp³-hybridized carbons (Fsp3) is 0.0714. The van der Waals surface area contributed by atoms with Gasteiger partial charge < -0.3 is 20.9 Å². The predicted octanol–water partition coefficient (Wildman–Crippen LogP) is 2.69. The van der Waals surface area contributed by atoms with Crippen molar-refractivity contribution in [3.63, 3.8) is 0 Å². The Bertz CT molecular complexity index is 953. The van der Waals surface area contributed by atoms with E-state index in [1.54, 1.807) is 0 Å². The number of nitrogen functional groups attached to an aromatic ring is 1. The summed E-state index contributed by atoms with van der Waals surface area (Å²) in [5, 5.41) is 18.0. The van der Waals surface area contributed by atoms with Gasteiger partial charge in [-0.25, -0.2) is 9.59 Å². The summed E-state index contributed by atoms with van der Waals surface area (Å²) >= 11 is 5.64. The van der Waals surface area contributed by atoms with Crippen molar-refractivity contribution in [3.05, 3.63) is 50.3 Å². The number of nitrogens with one attached hydrogen (secondary N) is 1. The third-order valence-electron chi connectivity index (χ3n) is 3.19. The molecule has 11 heteroatoms. The van der Waals surface area contributed by atoms with Crippen LogP contribution in [0.4, 0.5) is 19.0 Å². The van der Waals surface area contributed by atoms with E-state index in [0.717, 1.165) is 6.07 Å². The smallest absolute Gasteiger partial charge is 0.416 e. The summed E-state index contributed by atoms with van der Waals surface area (Å²) in [6, 6.07) is 1.96. The first-order valence-corrected chi connectivity index (χ1v) is 6.71. The molecule has 0 radical (unpaired) electrons. The Morgan fingerprint density at radius 2 is 1.64 bits per heavy atom. The minimum absolute atomic E-state index is 0.434. The number of aromatic nitrogens is 1. The number of anilines is 1. The average molecular weight is 377 g/mol. The van der Waals surface area contributed by atoms with Crippen molar-refractivity contribution in [3.8, 4) is 11.1 Å². The number of H-pyrrole nitrogens is 1. The highest BCUT2D eigenvalue weighted by molar-refractivity contribution is 6.31. The number of hydrogen-bond donors (Lipinski definition) is 4. The van der Waals surface area contributed by atoms with E-state index in [4.69, 9.17) is 17.3 Å². The van der Waals surface area contributed by atoms with E-state index >= 15 is 0 Å². The number of halogens is 4. The van der Waals surface area contributed by atoms with E-state index in [9.17, 15) is 37.8 Å². The SMILES string of the molecule is Nc1[nH]c(=O)c(C(=O)O)c(-c2cc(Cl)cc(C(F)(F)F)c2)c1C(=O)O. The van der Waals surface area contributed by atoms with Gasteiger partial charge in [-0.1, -0.05) is 11.6 Å². The molecule has 0 bridgehead atoms. The summed E-state index contributed by atoms with van der Waals surface area (Å²) in [6.45, 7) is 0. The summed E-state index contributed by atoms with van der Waals surface area (Å²) in [5.74, 6) is -4.28. The van der Waals surface area contributed by atoms with Gasteiger partial charge in [0.15, 0.2) is 0 Å². The van der Waals surface area contributed by atoms with Crippen molar-refractivity contribution >= 4 is 29.4 Å². The lowest BCUT2D eigenvalue weighted by molar-refractivity contribution is -0.137. The Balaban J connectivity index is 3.01. The first kappa shape index (κ1) is 18.3. The van der Waals surface area contributed by atoms with Crippen LogP contribution in [0.1, 0.15) is 26.3 Å². The van der Waals surface area contributed by atoms with Gasteiger partial charge >= 0.3 is 18.1 Å². The summed E-state index contributed by atoms with van der Waals surface area (Å²) in [7, 11) is 0. The van der Waals surface area contributed by atoms with E-state index < -0.39 is 62.3 Å². The minimum atomic E-state index is -4.83. The normalized spacial score (nSPS) is 11.4. The molecule has 1 heterocycles. The summed E-state index contributed by atoms with van der Waals surface area (Å²) in [6.07, 6.45) is -4.83. The lowest BCUT2D eigenvalue weighted by Crippen LogP contribution is -2.24. The second kappa shape index (κ2) is 6.13. The molecule has 0 amide bonds. The highest BCUT2D eigenvalue weighted by Crippen LogP contribution is 2.37. The van der Waals surface area contributed by atoms with E-state index in [0.29, 0.717) is 12.1 Å². The molecule has 0 aliphatic carbocycles. The molecule has 1 aromatic heterocycles. The molecule has 0 unspecified atom stereocenters. The second-order valence-electron chi connectivity index (χ2n) is 4.83. The Morgan fingerprint density at radius 1 is 1.08 bits per heavy atom. The van der Waals surface area contributed by atoms with Crippen LogP contribution in [0.2, 0.25) is 5.02 Å². The number of carboxylic acids is 2. The minimum Gasteiger partial charge on any atom is -0.478 e. The van der Waals surface area contributed by atoms with E-state index in [1.165, 1.54) is 0 Å². The fourth-order valence-corrected chi connectivity index (χ4v) is 2.47. The highest BCUT2D eigenvalue weighted by Gasteiger charge is 2.33. The first-order valence-electron chi connectivity index (χ1n) is 6.34. The fourth-order valence-electron chi connectivity index (χ4n) is 2.23. The molecule has 0 fully saturated rings. The van der Waals surface area contributed by atoms with Gasteiger partial charge in [0.25, 0.3) is 5.56 Å². The summed E-state index contributed by atoms with van der Waals surface area (Å²) < 4.78 is 38.9. The van der Waals surface area contributed by atoms with Gasteiger partial charge in [-0.2, -0.15) is 13.2 Å². The van der Waals surface area contributed by atoms with Crippen molar-refractivity contribution < 1.29 is 33.0 Å². The zero-order valence-corrected chi connectivity index (χ0v) is 12.7. The van der Waals surface area contributed by atoms with Gasteiger partial charge in [0.1, 0.15) is 16.9 Å². The maximum atomic E-state index is 13.0. The topological polar surface area (TPSA) is 133 Å². The van der Waals surface area contributed by atoms with Crippen LogP contribution in [-0.2, 0) is 6.18 Å². The molecule has 1 aromatic carbocycles. The second-order valence-corrected chi connectivity index (χ2v) is 5.27. The molecule has 0 spiro atoms. The van der Waals surface area contributed by atoms with Crippen LogP contribution in [0.3, 0.4) is 0 Å². The highest BCUT2D eigenvalue weighted by atomic mass is 35.5. The first-order chi connectivity index (χ1) is 11.4. The van der Waals surface area contributed by atoms with E-state index in [1.807, 2.05) is 4.98 Å². The molecule has 0 aliphatic rings. The van der Waals surface area contributed by atoms with Crippen molar-refractivity contribution in [1.82, 2.24) is 4.98 Å². The summed E-state index contributed by atoms with van der Waals surface area (Å²) in [5.41, 5.74) is -0.319. The average Bonchev–Trinajstić information content (AvgIpc) is 2.43. The van der Waals surface area contributed by atoms with Crippen molar-refractivity contribution in [2.45, 2.75) is 6.18 Å². The molecule has 0 aliphatic heterocycles. The van der Waals surface area contributed by atoms with Crippen molar-refractivity contribution in [2.24, 2.45) is 0 Å². The Morgan fingerprint density at radius 3 is 2.12 bits per heavy atom. The quantitative estimate of drug-likeness (QED) is 0.650. The molecule has 0 saturated carbocycles. The van der Waals surface area contributed by atoms with Gasteiger partial charge in [-0.05, 0) is 23.8 Å². The number of benzene rings is 1. The summed E-state index contributed by atoms with van der Waals surface area (Å²) in [4.78, 5) is 36.5. The van der Waals surface area contributed by atoms with Crippen LogP contribution >= 0.6 is 11.6 Å². The van der Waals surface area contributed by atoms with Crippen LogP contribution in [0.15, 0.2) is 23.0 Å². The number of carboxylic acid groups (broad SMARTS) is 2. The van der Waals surface area contributed by atoms with Crippen LogP contribution in [0.25, 0.3) is 11.1 Å². The Labute approximate surface area is 141 Å². The zero-order chi connectivity index (χ0) is 19.1. The molecule has 0 saturated heterocycles. The molecule has 2 aromatic rings. The molecule has 25 heavy (non-hydrogen) atoms. The maximum Gasteiger partial charge on any atom is 0.416 e. The largest absolute Gasteiger partial charge is 0.478 e. The maximum absolute atomic E-state index is 13.0. The number of hydrogen-bond acceptors (Lipinski definition) is 4. The molecule has 2 rings (SSSR count). The molecule has 132 valence electrons. The number of rotatable bonds is 3. The van der Waals surface area contributed by atoms with Crippen molar-refractivity contribution in [1.29, 1.82) is 0 Å². The number of pyridine rings is 1. The van der Waals surface area contributed by atoms with Crippen molar-refractivity contribution in [2.75, 3.05) is 5.73 Å². The lowest BCUT2D eigenvalue weighted by atomic mass is 9.94. The van der Waals surface area contributed by atoms with Crippen LogP contribution in [0, 0.1) is 0 Å². The number of carbonyl (C=O) groups is 2. The van der Waals surface area contributed by atoms with Gasteiger partial charge in [0, 0.05) is 10.6 Å². The van der Waals surface area contributed by atoms with E-state index in [-0.39, 0.29) is 0 Å². The molecular weight excluding hydrogens is 369 g/mol. The number of aromatic amines is 1. The van der Waals surface area contributed by atoms with Crippen LogP contribution in [-0.4, -0.2) is 27.1 Å². The third kappa shape index (κ3) is 3.43. The van der Waals surface area contributed by atoms with Crippen LogP contribution < -0.4 is 11.3 Å².